The molecule has 3 rings (SSSR count). The Bertz CT molecular complexity index is 676. The molecule has 1 aromatic carbocycles. The first kappa shape index (κ1) is 14.5. The number of benzene rings is 1. The maximum absolute atomic E-state index is 4.60. The molecule has 2 heterocycles. The van der Waals surface area contributed by atoms with Gasteiger partial charge in [-0.1, -0.05) is 30.3 Å². The van der Waals surface area contributed by atoms with Crippen molar-refractivity contribution in [2.45, 2.75) is 20.0 Å². The van der Waals surface area contributed by atoms with Crippen LogP contribution < -0.4 is 0 Å². The largest absolute Gasteiger partial charge is 0.242 e. The minimum Gasteiger partial charge on any atom is -0.242 e. The van der Waals surface area contributed by atoms with Crippen molar-refractivity contribution in [2.75, 3.05) is 0 Å². The Morgan fingerprint density at radius 3 is 1.71 bits per heavy atom. The van der Waals surface area contributed by atoms with Crippen LogP contribution in [-0.2, 0) is 0 Å². The molecule has 4 nitrogen and oxygen atoms in total. The van der Waals surface area contributed by atoms with Gasteiger partial charge in [0, 0.05) is 12.4 Å². The van der Waals surface area contributed by atoms with E-state index >= 15 is 0 Å². The molecule has 0 aliphatic rings. The summed E-state index contributed by atoms with van der Waals surface area (Å²) in [6.07, 6.45) is 3.86. The fraction of sp³-hybridized carbons (Fsp3) is 0.200. The zero-order valence-corrected chi connectivity index (χ0v) is 14.8. The maximum Gasteiger partial charge on any atom is 0.168 e. The quantitative estimate of drug-likeness (QED) is 0.645. The van der Waals surface area contributed by atoms with Gasteiger partial charge in [0.25, 0.3) is 0 Å². The van der Waals surface area contributed by atoms with Crippen LogP contribution in [0.2, 0.25) is 0 Å². The van der Waals surface area contributed by atoms with E-state index in [4.69, 9.17) is 0 Å². The van der Waals surface area contributed by atoms with Crippen molar-refractivity contribution in [3.05, 3.63) is 68.6 Å². The van der Waals surface area contributed by atoms with E-state index < -0.39 is 0 Å². The molecule has 0 saturated heterocycles. The van der Waals surface area contributed by atoms with E-state index in [1.54, 1.807) is 0 Å². The lowest BCUT2D eigenvalue weighted by Gasteiger charge is -2.18. The summed E-state index contributed by atoms with van der Waals surface area (Å²) >= 11 is 7.05. The second-order valence-electron chi connectivity index (χ2n) is 4.87. The molecule has 0 amide bonds. The SMILES string of the molecule is Cc1nn(C(c2ccccc2)n2cc(Br)c(C)n2)cc1Br. The smallest absolute Gasteiger partial charge is 0.168 e. The van der Waals surface area contributed by atoms with Crippen molar-refractivity contribution < 1.29 is 0 Å². The Kier molecular flexibility index (Phi) is 3.99. The Morgan fingerprint density at radius 1 is 0.857 bits per heavy atom. The number of halogens is 2. The van der Waals surface area contributed by atoms with Gasteiger partial charge in [0.2, 0.25) is 0 Å². The molecule has 0 atom stereocenters. The summed E-state index contributed by atoms with van der Waals surface area (Å²) in [7, 11) is 0. The monoisotopic (exact) mass is 408 g/mol. The second kappa shape index (κ2) is 5.77. The molecular weight excluding hydrogens is 396 g/mol. The molecule has 21 heavy (non-hydrogen) atoms. The Hall–Kier alpha value is -1.40. The van der Waals surface area contributed by atoms with Gasteiger partial charge in [-0.2, -0.15) is 10.2 Å². The Labute approximate surface area is 140 Å². The van der Waals surface area contributed by atoms with Crippen LogP contribution in [0.1, 0.15) is 23.1 Å². The van der Waals surface area contributed by atoms with Crippen molar-refractivity contribution in [2.24, 2.45) is 0 Å². The first-order chi connectivity index (χ1) is 10.1. The van der Waals surface area contributed by atoms with Crippen LogP contribution in [0, 0.1) is 13.8 Å². The summed E-state index contributed by atoms with van der Waals surface area (Å²) in [6, 6.07) is 10.2. The van der Waals surface area contributed by atoms with E-state index in [1.807, 2.05) is 53.8 Å². The molecule has 0 fully saturated rings. The first-order valence-corrected chi connectivity index (χ1v) is 8.12. The van der Waals surface area contributed by atoms with Crippen molar-refractivity contribution in [3.63, 3.8) is 0 Å². The fourth-order valence-electron chi connectivity index (χ4n) is 2.22. The number of aryl methyl sites for hydroxylation is 2. The van der Waals surface area contributed by atoms with Crippen molar-refractivity contribution in [1.29, 1.82) is 0 Å². The summed E-state index contributed by atoms with van der Waals surface area (Å²) in [5, 5.41) is 9.19. The number of hydrogen-bond acceptors (Lipinski definition) is 2. The lowest BCUT2D eigenvalue weighted by atomic mass is 10.2. The predicted octanol–water partition coefficient (Wildman–Crippen LogP) is 4.32. The standard InChI is InChI=1S/C15H14Br2N4/c1-10-13(16)8-20(18-10)15(12-6-4-3-5-7-12)21-9-14(17)11(2)19-21/h3-9,15H,1-2H3. The average Bonchev–Trinajstić information content (AvgIpc) is 2.95. The molecule has 0 unspecified atom stereocenters. The molecule has 0 saturated carbocycles. The van der Waals surface area contributed by atoms with Gasteiger partial charge in [-0.15, -0.1) is 0 Å². The third-order valence-corrected chi connectivity index (χ3v) is 4.87. The van der Waals surface area contributed by atoms with Crippen molar-refractivity contribution in [1.82, 2.24) is 19.6 Å². The highest BCUT2D eigenvalue weighted by Gasteiger charge is 2.19. The molecule has 6 heteroatoms. The second-order valence-corrected chi connectivity index (χ2v) is 6.58. The van der Waals surface area contributed by atoms with Gasteiger partial charge in [0.1, 0.15) is 0 Å². The molecule has 0 spiro atoms. The normalized spacial score (nSPS) is 11.3. The number of aromatic nitrogens is 4. The number of rotatable bonds is 3. The molecule has 0 N–H and O–H groups in total. The summed E-state index contributed by atoms with van der Waals surface area (Å²) in [5.41, 5.74) is 3.04. The van der Waals surface area contributed by atoms with Gasteiger partial charge in [-0.3, -0.25) is 0 Å². The predicted molar refractivity (Wildman–Crippen MR) is 89.3 cm³/mol. The Balaban J connectivity index is 2.15. The van der Waals surface area contributed by atoms with E-state index in [1.165, 1.54) is 0 Å². The molecule has 0 aliphatic carbocycles. The minimum atomic E-state index is -0.110. The highest BCUT2D eigenvalue weighted by Crippen LogP contribution is 2.25. The highest BCUT2D eigenvalue weighted by molar-refractivity contribution is 9.10. The van der Waals surface area contributed by atoms with Crippen LogP contribution in [0.3, 0.4) is 0 Å². The topological polar surface area (TPSA) is 35.6 Å². The summed E-state index contributed by atoms with van der Waals surface area (Å²) in [4.78, 5) is 0. The molecule has 108 valence electrons. The van der Waals surface area contributed by atoms with Gasteiger partial charge in [0.15, 0.2) is 6.17 Å². The molecule has 0 radical (unpaired) electrons. The number of hydrogen-bond donors (Lipinski definition) is 0. The van der Waals surface area contributed by atoms with E-state index in [0.717, 1.165) is 25.9 Å². The van der Waals surface area contributed by atoms with Gasteiger partial charge in [0.05, 0.1) is 20.3 Å². The van der Waals surface area contributed by atoms with E-state index in [-0.39, 0.29) is 6.17 Å². The lowest BCUT2D eigenvalue weighted by molar-refractivity contribution is 0.415. The van der Waals surface area contributed by atoms with Crippen LogP contribution in [0.25, 0.3) is 0 Å². The van der Waals surface area contributed by atoms with Crippen molar-refractivity contribution >= 4 is 31.9 Å². The number of nitrogens with zero attached hydrogens (tertiary/aromatic N) is 4. The summed E-state index contributed by atoms with van der Waals surface area (Å²) < 4.78 is 5.83. The molecular formula is C15H14Br2N4. The summed E-state index contributed by atoms with van der Waals surface area (Å²) in [5.74, 6) is 0. The highest BCUT2D eigenvalue weighted by atomic mass is 79.9. The third kappa shape index (κ3) is 2.82. The minimum absolute atomic E-state index is 0.110. The zero-order chi connectivity index (χ0) is 15.0. The van der Waals surface area contributed by atoms with Gasteiger partial charge < -0.3 is 0 Å². The first-order valence-electron chi connectivity index (χ1n) is 6.53. The van der Waals surface area contributed by atoms with Gasteiger partial charge >= 0.3 is 0 Å². The lowest BCUT2D eigenvalue weighted by Crippen LogP contribution is -2.20. The van der Waals surface area contributed by atoms with Crippen LogP contribution in [0.15, 0.2) is 51.7 Å². The molecule has 0 aliphatic heterocycles. The van der Waals surface area contributed by atoms with Gasteiger partial charge in [-0.05, 0) is 51.3 Å². The molecule has 0 bridgehead atoms. The van der Waals surface area contributed by atoms with Crippen LogP contribution >= 0.6 is 31.9 Å². The average molecular weight is 410 g/mol. The molecule has 2 aromatic heterocycles. The van der Waals surface area contributed by atoms with E-state index in [2.05, 4.69) is 54.2 Å². The van der Waals surface area contributed by atoms with Crippen molar-refractivity contribution in [3.8, 4) is 0 Å². The zero-order valence-electron chi connectivity index (χ0n) is 11.7. The molecule has 3 aromatic rings. The van der Waals surface area contributed by atoms with Crippen LogP contribution in [-0.4, -0.2) is 19.6 Å². The van der Waals surface area contributed by atoms with Gasteiger partial charge in [-0.25, -0.2) is 9.36 Å². The maximum atomic E-state index is 4.60. The fourth-order valence-corrected chi connectivity index (χ4v) is 2.80. The van der Waals surface area contributed by atoms with E-state index in [9.17, 15) is 0 Å². The van der Waals surface area contributed by atoms with E-state index in [0.29, 0.717) is 0 Å². The summed E-state index contributed by atoms with van der Waals surface area (Å²) in [6.45, 7) is 3.96. The van der Waals surface area contributed by atoms with Crippen LogP contribution in [0.5, 0.6) is 0 Å². The Morgan fingerprint density at radius 2 is 1.33 bits per heavy atom. The van der Waals surface area contributed by atoms with Crippen LogP contribution in [0.4, 0.5) is 0 Å². The third-order valence-electron chi connectivity index (χ3n) is 3.31.